The molecule has 1 aromatic carbocycles. The highest BCUT2D eigenvalue weighted by molar-refractivity contribution is 5.77. The number of hydrogen-bond acceptors (Lipinski definition) is 4. The molecule has 4 rings (SSSR count). The van der Waals surface area contributed by atoms with Crippen molar-refractivity contribution in [2.45, 2.75) is 20.4 Å². The van der Waals surface area contributed by atoms with E-state index in [4.69, 9.17) is 0 Å². The van der Waals surface area contributed by atoms with E-state index in [1.807, 2.05) is 4.57 Å². The third-order valence-electron chi connectivity index (χ3n) is 4.90. The maximum Gasteiger partial charge on any atom is 0.332 e. The third-order valence-corrected chi connectivity index (χ3v) is 4.90. The average molecular weight is 339 g/mol. The summed E-state index contributed by atoms with van der Waals surface area (Å²) >= 11 is 0. The monoisotopic (exact) mass is 339 g/mol. The van der Waals surface area contributed by atoms with Gasteiger partial charge in [-0.15, -0.1) is 0 Å². The number of hydrogen-bond donors (Lipinski definition) is 0. The minimum absolute atomic E-state index is 0.296. The standard InChI is InChI=1S/C18H21N5O2/c1-11-5-7-13(8-6-11)22-9-12(2)10-23-14-15(19-17(22)23)20(3)18(25)21(4)16(14)24/h5-8,12H,9-10H2,1-4H3/t12-/m0/s1. The number of nitrogens with zero attached hydrogens (tertiary/aromatic N) is 5. The fourth-order valence-electron chi connectivity index (χ4n) is 3.52. The van der Waals surface area contributed by atoms with Crippen molar-refractivity contribution in [2.24, 2.45) is 20.0 Å². The Hall–Kier alpha value is -2.83. The van der Waals surface area contributed by atoms with Crippen LogP contribution in [0.4, 0.5) is 11.6 Å². The summed E-state index contributed by atoms with van der Waals surface area (Å²) in [5.74, 6) is 1.07. The van der Waals surface area contributed by atoms with E-state index in [2.05, 4.69) is 48.0 Å². The van der Waals surface area contributed by atoms with E-state index < -0.39 is 0 Å². The first-order valence-corrected chi connectivity index (χ1v) is 8.39. The lowest BCUT2D eigenvalue weighted by Gasteiger charge is -2.33. The summed E-state index contributed by atoms with van der Waals surface area (Å²) in [6, 6.07) is 8.26. The molecule has 7 heteroatoms. The molecule has 0 spiro atoms. The van der Waals surface area contributed by atoms with Crippen LogP contribution < -0.4 is 16.1 Å². The summed E-state index contributed by atoms with van der Waals surface area (Å²) in [7, 11) is 3.16. The highest BCUT2D eigenvalue weighted by atomic mass is 16.2. The van der Waals surface area contributed by atoms with Gasteiger partial charge in [0.15, 0.2) is 11.2 Å². The van der Waals surface area contributed by atoms with Crippen molar-refractivity contribution < 1.29 is 0 Å². The zero-order valence-electron chi connectivity index (χ0n) is 14.9. The lowest BCUT2D eigenvalue weighted by molar-refractivity contribution is 0.458. The first-order chi connectivity index (χ1) is 11.9. The van der Waals surface area contributed by atoms with Crippen molar-refractivity contribution in [3.63, 3.8) is 0 Å². The van der Waals surface area contributed by atoms with Gasteiger partial charge in [0.2, 0.25) is 5.95 Å². The Kier molecular flexibility index (Phi) is 3.35. The molecule has 130 valence electrons. The summed E-state index contributed by atoms with van der Waals surface area (Å²) in [6.07, 6.45) is 0. The number of rotatable bonds is 1. The van der Waals surface area contributed by atoms with Gasteiger partial charge < -0.3 is 9.47 Å². The first kappa shape index (κ1) is 15.7. The summed E-state index contributed by atoms with van der Waals surface area (Å²) in [4.78, 5) is 31.7. The lowest BCUT2D eigenvalue weighted by Crippen LogP contribution is -2.38. The minimum Gasteiger partial charge on any atom is -0.312 e. The van der Waals surface area contributed by atoms with Crippen LogP contribution >= 0.6 is 0 Å². The SMILES string of the molecule is Cc1ccc(N2C[C@H](C)Cn3c2nc2c3c(=O)n(C)c(=O)n2C)cc1. The van der Waals surface area contributed by atoms with Crippen LogP contribution in [0.5, 0.6) is 0 Å². The summed E-state index contributed by atoms with van der Waals surface area (Å²) < 4.78 is 4.54. The van der Waals surface area contributed by atoms with Crippen LogP contribution in [0.2, 0.25) is 0 Å². The molecule has 1 aliphatic rings. The van der Waals surface area contributed by atoms with Gasteiger partial charge in [0.1, 0.15) is 0 Å². The Morgan fingerprint density at radius 1 is 1.04 bits per heavy atom. The zero-order valence-corrected chi connectivity index (χ0v) is 14.9. The van der Waals surface area contributed by atoms with Gasteiger partial charge in [-0.25, -0.2) is 4.79 Å². The van der Waals surface area contributed by atoms with Gasteiger partial charge in [0.25, 0.3) is 5.56 Å². The molecule has 1 atom stereocenters. The molecule has 1 aliphatic heterocycles. The number of fused-ring (bicyclic) bond motifs is 3. The molecule has 7 nitrogen and oxygen atoms in total. The molecule has 3 heterocycles. The predicted octanol–water partition coefficient (Wildman–Crippen LogP) is 1.53. The molecule has 0 unspecified atom stereocenters. The Morgan fingerprint density at radius 3 is 2.40 bits per heavy atom. The van der Waals surface area contributed by atoms with Gasteiger partial charge in [0, 0.05) is 32.9 Å². The molecule has 0 saturated carbocycles. The molecule has 0 bridgehead atoms. The van der Waals surface area contributed by atoms with Crippen LogP contribution in [0, 0.1) is 12.8 Å². The molecule has 25 heavy (non-hydrogen) atoms. The summed E-state index contributed by atoms with van der Waals surface area (Å²) in [5.41, 5.74) is 2.50. The Balaban J connectivity index is 2.03. The van der Waals surface area contributed by atoms with Crippen LogP contribution in [0.25, 0.3) is 11.2 Å². The topological polar surface area (TPSA) is 65.1 Å². The molecular weight excluding hydrogens is 318 g/mol. The third kappa shape index (κ3) is 2.22. The minimum atomic E-state index is -0.358. The maximum absolute atomic E-state index is 12.7. The maximum atomic E-state index is 12.7. The molecule has 0 aliphatic carbocycles. The van der Waals surface area contributed by atoms with Crippen molar-refractivity contribution in [1.29, 1.82) is 0 Å². The lowest BCUT2D eigenvalue weighted by atomic mass is 10.1. The average Bonchev–Trinajstić information content (AvgIpc) is 2.97. The normalized spacial score (nSPS) is 17.1. The van der Waals surface area contributed by atoms with E-state index in [-0.39, 0.29) is 11.2 Å². The second kappa shape index (κ2) is 5.34. The van der Waals surface area contributed by atoms with Crippen molar-refractivity contribution in [1.82, 2.24) is 18.7 Å². The zero-order chi connectivity index (χ0) is 17.9. The van der Waals surface area contributed by atoms with E-state index in [0.29, 0.717) is 23.6 Å². The molecule has 0 radical (unpaired) electrons. The van der Waals surface area contributed by atoms with Crippen molar-refractivity contribution in [2.75, 3.05) is 11.4 Å². The number of anilines is 2. The second-order valence-electron chi connectivity index (χ2n) is 6.95. The molecule has 0 amide bonds. The molecule has 0 saturated heterocycles. The fourth-order valence-corrected chi connectivity index (χ4v) is 3.52. The number of benzene rings is 1. The van der Waals surface area contributed by atoms with Gasteiger partial charge in [0.05, 0.1) is 0 Å². The van der Waals surface area contributed by atoms with E-state index in [1.165, 1.54) is 17.2 Å². The van der Waals surface area contributed by atoms with Gasteiger partial charge in [-0.2, -0.15) is 4.98 Å². The van der Waals surface area contributed by atoms with E-state index >= 15 is 0 Å². The van der Waals surface area contributed by atoms with E-state index in [1.54, 1.807) is 7.05 Å². The van der Waals surface area contributed by atoms with Crippen LogP contribution in [0.15, 0.2) is 33.9 Å². The van der Waals surface area contributed by atoms with Crippen molar-refractivity contribution in [3.8, 4) is 0 Å². The van der Waals surface area contributed by atoms with Crippen LogP contribution in [0.1, 0.15) is 12.5 Å². The van der Waals surface area contributed by atoms with Gasteiger partial charge in [-0.1, -0.05) is 24.6 Å². The quantitative estimate of drug-likeness (QED) is 0.674. The second-order valence-corrected chi connectivity index (χ2v) is 6.95. The Morgan fingerprint density at radius 2 is 1.72 bits per heavy atom. The Bertz CT molecular complexity index is 1090. The number of aromatic nitrogens is 4. The Labute approximate surface area is 144 Å². The predicted molar refractivity (Wildman–Crippen MR) is 97.6 cm³/mol. The van der Waals surface area contributed by atoms with E-state index in [9.17, 15) is 9.59 Å². The summed E-state index contributed by atoms with van der Waals surface area (Å²) in [6.45, 7) is 5.74. The van der Waals surface area contributed by atoms with E-state index in [0.717, 1.165) is 22.7 Å². The molecule has 0 fully saturated rings. The van der Waals surface area contributed by atoms with Crippen molar-refractivity contribution >= 4 is 22.8 Å². The highest BCUT2D eigenvalue weighted by Crippen LogP contribution is 2.32. The number of aryl methyl sites for hydroxylation is 2. The largest absolute Gasteiger partial charge is 0.332 e. The smallest absolute Gasteiger partial charge is 0.312 e. The number of imidazole rings is 1. The molecule has 2 aromatic heterocycles. The molecule has 0 N–H and O–H groups in total. The van der Waals surface area contributed by atoms with Crippen LogP contribution in [-0.2, 0) is 20.6 Å². The van der Waals surface area contributed by atoms with Gasteiger partial charge in [-0.05, 0) is 25.0 Å². The first-order valence-electron chi connectivity index (χ1n) is 8.39. The van der Waals surface area contributed by atoms with Crippen LogP contribution in [0.3, 0.4) is 0 Å². The highest BCUT2D eigenvalue weighted by Gasteiger charge is 2.29. The van der Waals surface area contributed by atoms with Crippen molar-refractivity contribution in [3.05, 3.63) is 50.7 Å². The van der Waals surface area contributed by atoms with Gasteiger partial charge >= 0.3 is 5.69 Å². The molecular formula is C18H21N5O2. The van der Waals surface area contributed by atoms with Gasteiger partial charge in [-0.3, -0.25) is 13.9 Å². The fraction of sp³-hybridized carbons (Fsp3) is 0.389. The summed E-state index contributed by atoms with van der Waals surface area (Å²) in [5, 5.41) is 0. The molecule has 3 aromatic rings. The van der Waals surface area contributed by atoms with Crippen LogP contribution in [-0.4, -0.2) is 25.2 Å².